The summed E-state index contributed by atoms with van der Waals surface area (Å²) in [6.07, 6.45) is 3.63. The summed E-state index contributed by atoms with van der Waals surface area (Å²) in [5.41, 5.74) is 2.33. The van der Waals surface area contributed by atoms with Crippen molar-refractivity contribution in [1.82, 2.24) is 29.0 Å². The Balaban J connectivity index is 1.47. The number of thiazole rings is 1. The number of thioether (sulfide) groups is 1. The SMILES string of the molecule is Cc1csc2nc(CSc3nnc(C(C)N4CCCCC4)n3-c3ccc(F)cc3)cc(=O)n12. The minimum atomic E-state index is -0.282. The number of aromatic nitrogens is 5. The molecule has 1 unspecified atom stereocenters. The molecule has 1 aromatic carbocycles. The molecule has 0 bridgehead atoms. The zero-order valence-corrected chi connectivity index (χ0v) is 20.2. The van der Waals surface area contributed by atoms with Crippen LogP contribution in [0, 0.1) is 12.7 Å². The Morgan fingerprint density at radius 1 is 1.15 bits per heavy atom. The highest BCUT2D eigenvalue weighted by Crippen LogP contribution is 2.30. The zero-order valence-electron chi connectivity index (χ0n) is 18.6. The fourth-order valence-electron chi connectivity index (χ4n) is 4.26. The third-order valence-corrected chi connectivity index (χ3v) is 7.94. The first-order valence-corrected chi connectivity index (χ1v) is 12.9. The van der Waals surface area contributed by atoms with Gasteiger partial charge in [0, 0.05) is 28.6 Å². The van der Waals surface area contributed by atoms with Gasteiger partial charge in [-0.2, -0.15) is 0 Å². The number of fused-ring (bicyclic) bond motifs is 1. The Kier molecular flexibility index (Phi) is 6.31. The first-order chi connectivity index (χ1) is 16.0. The summed E-state index contributed by atoms with van der Waals surface area (Å²) in [5, 5.41) is 11.7. The Labute approximate surface area is 199 Å². The van der Waals surface area contributed by atoms with Crippen molar-refractivity contribution in [2.45, 2.75) is 50.1 Å². The average molecular weight is 485 g/mol. The van der Waals surface area contributed by atoms with Crippen LogP contribution in [0.3, 0.4) is 0 Å². The molecule has 0 spiro atoms. The minimum Gasteiger partial charge on any atom is -0.294 e. The van der Waals surface area contributed by atoms with Crippen LogP contribution in [0.25, 0.3) is 10.6 Å². The van der Waals surface area contributed by atoms with Gasteiger partial charge in [0.15, 0.2) is 15.9 Å². The number of nitrogens with zero attached hydrogens (tertiary/aromatic N) is 6. The highest BCUT2D eigenvalue weighted by molar-refractivity contribution is 7.98. The monoisotopic (exact) mass is 484 g/mol. The highest BCUT2D eigenvalue weighted by atomic mass is 32.2. The van der Waals surface area contributed by atoms with Crippen molar-refractivity contribution in [2.24, 2.45) is 0 Å². The molecule has 3 aromatic heterocycles. The third kappa shape index (κ3) is 4.47. The quantitative estimate of drug-likeness (QED) is 0.372. The van der Waals surface area contributed by atoms with Crippen LogP contribution in [0.4, 0.5) is 4.39 Å². The van der Waals surface area contributed by atoms with Gasteiger partial charge in [0.2, 0.25) is 0 Å². The van der Waals surface area contributed by atoms with Gasteiger partial charge in [-0.25, -0.2) is 9.37 Å². The molecule has 33 heavy (non-hydrogen) atoms. The van der Waals surface area contributed by atoms with Crippen LogP contribution >= 0.6 is 23.1 Å². The van der Waals surface area contributed by atoms with Gasteiger partial charge < -0.3 is 0 Å². The van der Waals surface area contributed by atoms with Crippen LogP contribution in [0.1, 0.15) is 49.4 Å². The second-order valence-corrected chi connectivity index (χ2v) is 10.1. The molecule has 4 heterocycles. The van der Waals surface area contributed by atoms with E-state index < -0.39 is 0 Å². The van der Waals surface area contributed by atoms with Crippen LogP contribution in [-0.4, -0.2) is 42.1 Å². The fourth-order valence-corrected chi connectivity index (χ4v) is 6.00. The standard InChI is InChI=1S/C23H25FN6OS2/c1-15-13-32-22-25-18(12-20(31)29(15)22)14-33-23-27-26-21(16(2)28-10-4-3-5-11-28)30(23)19-8-6-17(24)7-9-19/h6-9,12-13,16H,3-5,10-11,14H2,1-2H3. The van der Waals surface area contributed by atoms with Gasteiger partial charge >= 0.3 is 0 Å². The molecule has 0 saturated carbocycles. The first kappa shape index (κ1) is 22.2. The van der Waals surface area contributed by atoms with Gasteiger partial charge in [-0.3, -0.25) is 18.7 Å². The van der Waals surface area contributed by atoms with E-state index in [1.807, 2.05) is 16.9 Å². The molecule has 4 aromatic rings. The summed E-state index contributed by atoms with van der Waals surface area (Å²) < 4.78 is 17.2. The van der Waals surface area contributed by atoms with E-state index in [0.29, 0.717) is 21.6 Å². The molecule has 5 rings (SSSR count). The lowest BCUT2D eigenvalue weighted by Crippen LogP contribution is -2.33. The maximum absolute atomic E-state index is 13.6. The molecule has 0 aliphatic carbocycles. The van der Waals surface area contributed by atoms with Crippen LogP contribution in [0.5, 0.6) is 0 Å². The Morgan fingerprint density at radius 2 is 1.91 bits per heavy atom. The topological polar surface area (TPSA) is 68.3 Å². The normalized spacial score (nSPS) is 15.8. The number of halogens is 1. The average Bonchev–Trinajstić information content (AvgIpc) is 3.42. The van der Waals surface area contributed by atoms with Gasteiger partial charge in [0.1, 0.15) is 5.82 Å². The van der Waals surface area contributed by atoms with E-state index in [-0.39, 0.29) is 17.4 Å². The third-order valence-electron chi connectivity index (χ3n) is 6.03. The van der Waals surface area contributed by atoms with Crippen molar-refractivity contribution in [3.05, 3.63) is 69.1 Å². The molecular weight excluding hydrogens is 459 g/mol. The van der Waals surface area contributed by atoms with E-state index in [0.717, 1.165) is 30.3 Å². The van der Waals surface area contributed by atoms with Crippen LogP contribution < -0.4 is 5.56 Å². The van der Waals surface area contributed by atoms with E-state index >= 15 is 0 Å². The largest absolute Gasteiger partial charge is 0.294 e. The summed E-state index contributed by atoms with van der Waals surface area (Å²) >= 11 is 2.94. The van der Waals surface area contributed by atoms with Gasteiger partial charge in [-0.1, -0.05) is 18.2 Å². The molecule has 0 radical (unpaired) electrons. The molecule has 0 amide bonds. The molecule has 172 valence electrons. The number of likely N-dealkylation sites (tertiary alicyclic amines) is 1. The molecule has 1 saturated heterocycles. The summed E-state index contributed by atoms with van der Waals surface area (Å²) in [5.74, 6) is 1.04. The van der Waals surface area contributed by atoms with Crippen molar-refractivity contribution in [3.63, 3.8) is 0 Å². The molecule has 1 aliphatic rings. The van der Waals surface area contributed by atoms with Crippen molar-refractivity contribution in [3.8, 4) is 5.69 Å². The van der Waals surface area contributed by atoms with Gasteiger partial charge in [-0.05, 0) is 64.0 Å². The van der Waals surface area contributed by atoms with Crippen molar-refractivity contribution < 1.29 is 4.39 Å². The second-order valence-electron chi connectivity index (χ2n) is 8.29. The van der Waals surface area contributed by atoms with E-state index in [2.05, 4.69) is 27.0 Å². The Hall–Kier alpha value is -2.56. The number of hydrogen-bond acceptors (Lipinski definition) is 7. The molecule has 1 atom stereocenters. The first-order valence-electron chi connectivity index (χ1n) is 11.1. The predicted octanol–water partition coefficient (Wildman–Crippen LogP) is 4.62. The van der Waals surface area contributed by atoms with Gasteiger partial charge in [0.05, 0.1) is 11.7 Å². The summed E-state index contributed by atoms with van der Waals surface area (Å²) in [6, 6.07) is 8.07. The number of rotatable bonds is 6. The van der Waals surface area contributed by atoms with Gasteiger partial charge in [0.25, 0.3) is 5.56 Å². The van der Waals surface area contributed by atoms with E-state index in [1.165, 1.54) is 54.5 Å². The lowest BCUT2D eigenvalue weighted by molar-refractivity contribution is 0.167. The molecular formula is C23H25FN6OS2. The smallest absolute Gasteiger partial charge is 0.258 e. The molecule has 10 heteroatoms. The van der Waals surface area contributed by atoms with E-state index in [9.17, 15) is 9.18 Å². The predicted molar refractivity (Wildman–Crippen MR) is 129 cm³/mol. The Morgan fingerprint density at radius 3 is 2.67 bits per heavy atom. The maximum Gasteiger partial charge on any atom is 0.258 e. The summed E-state index contributed by atoms with van der Waals surface area (Å²) in [6.45, 7) is 6.12. The van der Waals surface area contributed by atoms with Crippen molar-refractivity contribution in [1.29, 1.82) is 0 Å². The number of hydrogen-bond donors (Lipinski definition) is 0. The zero-order chi connectivity index (χ0) is 22.9. The molecule has 1 aliphatic heterocycles. The Bertz CT molecular complexity index is 1320. The van der Waals surface area contributed by atoms with E-state index in [1.54, 1.807) is 22.6 Å². The molecule has 1 fully saturated rings. The van der Waals surface area contributed by atoms with Crippen LogP contribution in [0.2, 0.25) is 0 Å². The maximum atomic E-state index is 13.6. The number of aryl methyl sites for hydroxylation is 1. The highest BCUT2D eigenvalue weighted by Gasteiger charge is 2.25. The van der Waals surface area contributed by atoms with Crippen molar-refractivity contribution >= 4 is 28.1 Å². The number of piperidine rings is 1. The second kappa shape index (κ2) is 9.36. The van der Waals surface area contributed by atoms with Crippen LogP contribution in [0.15, 0.2) is 45.7 Å². The lowest BCUT2D eigenvalue weighted by atomic mass is 10.1. The number of benzene rings is 1. The summed E-state index contributed by atoms with van der Waals surface area (Å²) in [4.78, 5) is 20.3. The lowest BCUT2D eigenvalue weighted by Gasteiger charge is -2.31. The van der Waals surface area contributed by atoms with Gasteiger partial charge in [-0.15, -0.1) is 21.5 Å². The fraction of sp³-hybridized carbons (Fsp3) is 0.391. The van der Waals surface area contributed by atoms with Crippen LogP contribution in [-0.2, 0) is 5.75 Å². The van der Waals surface area contributed by atoms with Crippen molar-refractivity contribution in [2.75, 3.05) is 13.1 Å². The van der Waals surface area contributed by atoms with E-state index in [4.69, 9.17) is 0 Å². The molecule has 0 N–H and O–H groups in total. The summed E-state index contributed by atoms with van der Waals surface area (Å²) in [7, 11) is 0. The minimum absolute atomic E-state index is 0.0752. The molecule has 7 nitrogen and oxygen atoms in total.